The van der Waals surface area contributed by atoms with Gasteiger partial charge in [0.25, 0.3) is 5.66 Å². The molecule has 4 atom stereocenters. The molecule has 1 aromatic rings. The monoisotopic (exact) mass is 400 g/mol. The molecule has 0 aromatic heterocycles. The molecule has 1 fully saturated rings. The van der Waals surface area contributed by atoms with E-state index >= 15 is 0 Å². The molecule has 3 N–H and O–H groups in total. The van der Waals surface area contributed by atoms with Gasteiger partial charge in [-0.2, -0.15) is 4.89 Å². The molecule has 1 aromatic carbocycles. The zero-order chi connectivity index (χ0) is 20.0. The highest BCUT2D eigenvalue weighted by Crippen LogP contribution is 2.35. The van der Waals surface area contributed by atoms with Crippen LogP contribution in [-0.2, 0) is 24.3 Å². The van der Waals surface area contributed by atoms with Gasteiger partial charge in [-0.3, -0.25) is 0 Å². The number of hydrogen-bond donors (Lipinski definition) is 3. The third kappa shape index (κ3) is 5.31. The molecule has 2 unspecified atom stereocenters. The number of benzene rings is 1. The molecule has 1 aliphatic heterocycles. The number of morpholine rings is 1. The second kappa shape index (κ2) is 9.68. The van der Waals surface area contributed by atoms with Gasteiger partial charge in [-0.1, -0.05) is 12.1 Å². The molecule has 0 spiro atoms. The molecular weight excluding hydrogens is 373 g/mol. The number of rotatable bonds is 9. The number of carboxylic acids is 1. The molecule has 150 valence electrons. The third-order valence-electron chi connectivity index (χ3n) is 4.60. The Bertz CT molecular complexity index is 655. The van der Waals surface area contributed by atoms with Crippen LogP contribution in [0.1, 0.15) is 36.7 Å². The molecule has 1 heterocycles. The average molecular weight is 400 g/mol. The topological polar surface area (TPSA) is 114 Å². The van der Waals surface area contributed by atoms with Crippen molar-refractivity contribution in [2.24, 2.45) is 0 Å². The van der Waals surface area contributed by atoms with E-state index in [0.29, 0.717) is 19.8 Å². The molecule has 2 rings (SSSR count). The van der Waals surface area contributed by atoms with Gasteiger partial charge in [-0.05, 0) is 43.0 Å². The fourth-order valence-electron chi connectivity index (χ4n) is 3.11. The molecule has 27 heavy (non-hydrogen) atoms. The minimum absolute atomic E-state index is 0.196. The number of nitrogens with one attached hydrogen (secondary N) is 1. The first-order chi connectivity index (χ1) is 12.8. The van der Waals surface area contributed by atoms with Gasteiger partial charge >= 0.3 is 14.0 Å². The van der Waals surface area contributed by atoms with Crippen molar-refractivity contribution < 1.29 is 33.6 Å². The Balaban J connectivity index is 2.15. The highest BCUT2D eigenvalue weighted by Gasteiger charge is 2.49. The molecule has 0 amide bonds. The molecule has 8 nitrogen and oxygen atoms in total. The van der Waals surface area contributed by atoms with Crippen LogP contribution < -0.4 is 5.32 Å². The van der Waals surface area contributed by atoms with E-state index in [1.54, 1.807) is 26.0 Å². The Hall–Kier alpha value is -1.41. The van der Waals surface area contributed by atoms with Crippen LogP contribution in [0.3, 0.4) is 0 Å². The normalized spacial score (nSPS) is 24.6. The van der Waals surface area contributed by atoms with E-state index in [1.165, 1.54) is 6.07 Å². The smallest absolute Gasteiger partial charge is 0.478 e. The Morgan fingerprint density at radius 3 is 2.56 bits per heavy atom. The average Bonchev–Trinajstić information content (AvgIpc) is 2.64. The van der Waals surface area contributed by atoms with Crippen LogP contribution in [0.2, 0.25) is 0 Å². The summed E-state index contributed by atoms with van der Waals surface area (Å²) in [7, 11) is -2.59. The molecule has 9 heteroatoms. The van der Waals surface area contributed by atoms with Gasteiger partial charge in [0.1, 0.15) is 6.10 Å². The summed E-state index contributed by atoms with van der Waals surface area (Å²) in [6.07, 6.45) is -1.41. The van der Waals surface area contributed by atoms with Gasteiger partial charge in [-0.15, -0.1) is 0 Å². The van der Waals surface area contributed by atoms with Crippen LogP contribution in [0.15, 0.2) is 24.3 Å². The third-order valence-corrected chi connectivity index (χ3v) is 5.69. The highest BCUT2D eigenvalue weighted by atomic mass is 31.1. The second-order valence-electron chi connectivity index (χ2n) is 6.52. The lowest BCUT2D eigenvalue weighted by Gasteiger charge is -2.40. The van der Waals surface area contributed by atoms with Crippen LogP contribution in [0.4, 0.5) is 0 Å². The highest BCUT2D eigenvalue weighted by molar-refractivity contribution is 7.39. The van der Waals surface area contributed by atoms with Crippen molar-refractivity contribution in [2.45, 2.75) is 44.4 Å². The first kappa shape index (κ1) is 21.9. The van der Waals surface area contributed by atoms with E-state index < -0.39 is 37.6 Å². The van der Waals surface area contributed by atoms with Gasteiger partial charge in [0.05, 0.1) is 17.7 Å². The van der Waals surface area contributed by atoms with E-state index in [9.17, 15) is 19.4 Å². The predicted molar refractivity (Wildman–Crippen MR) is 99.1 cm³/mol. The summed E-state index contributed by atoms with van der Waals surface area (Å²) in [6, 6.07) is 6.65. The van der Waals surface area contributed by atoms with Crippen molar-refractivity contribution in [2.75, 3.05) is 26.4 Å². The molecular formula is C18H27NO7P+. The second-order valence-corrected chi connectivity index (χ2v) is 7.72. The molecule has 0 bridgehead atoms. The molecule has 0 radical (unpaired) electrons. The number of carbonyl (C=O) groups is 1. The fourth-order valence-corrected chi connectivity index (χ4v) is 3.96. The van der Waals surface area contributed by atoms with Gasteiger partial charge in [0.15, 0.2) is 0 Å². The molecule has 1 saturated heterocycles. The summed E-state index contributed by atoms with van der Waals surface area (Å²) in [5, 5.41) is 12.5. The van der Waals surface area contributed by atoms with Crippen molar-refractivity contribution in [3.05, 3.63) is 35.4 Å². The van der Waals surface area contributed by atoms with Gasteiger partial charge < -0.3 is 24.6 Å². The van der Waals surface area contributed by atoms with Crippen LogP contribution >= 0.6 is 8.03 Å². The van der Waals surface area contributed by atoms with Crippen LogP contribution in [0, 0.1) is 0 Å². The summed E-state index contributed by atoms with van der Waals surface area (Å²) in [4.78, 5) is 21.0. The van der Waals surface area contributed by atoms with Crippen molar-refractivity contribution in [1.29, 1.82) is 0 Å². The van der Waals surface area contributed by atoms with E-state index in [0.717, 1.165) is 5.56 Å². The summed E-state index contributed by atoms with van der Waals surface area (Å²) in [5.41, 5.74) is -0.471. The summed E-state index contributed by atoms with van der Waals surface area (Å²) in [6.45, 7) is 6.71. The minimum Gasteiger partial charge on any atom is -0.478 e. The van der Waals surface area contributed by atoms with Gasteiger partial charge in [0, 0.05) is 19.8 Å². The Labute approximate surface area is 159 Å². The lowest BCUT2D eigenvalue weighted by Crippen LogP contribution is -2.57. The van der Waals surface area contributed by atoms with E-state index in [4.69, 9.17) is 14.2 Å². The number of hydrogen-bond acceptors (Lipinski definition) is 6. The SMILES string of the molecule is CCOC(OCC)C([C@H]1CN[C@](C)(c2cccc(C(=O)O)c2)CO1)[P+](=O)O. The lowest BCUT2D eigenvalue weighted by molar-refractivity contribution is -0.162. The minimum atomic E-state index is -2.59. The van der Waals surface area contributed by atoms with Crippen molar-refractivity contribution in [3.8, 4) is 0 Å². The maximum atomic E-state index is 12.0. The lowest BCUT2D eigenvalue weighted by atomic mass is 9.90. The first-order valence-corrected chi connectivity index (χ1v) is 10.2. The fraction of sp³-hybridized carbons (Fsp3) is 0.611. The molecule has 0 aliphatic carbocycles. The summed E-state index contributed by atoms with van der Waals surface area (Å²) < 4.78 is 28.9. The largest absolute Gasteiger partial charge is 0.517 e. The zero-order valence-electron chi connectivity index (χ0n) is 15.8. The standard InChI is InChI=1S/C18H26NO7P/c1-4-24-17(25-5-2)15(27(22)23)14-10-19-18(3,11-26-14)13-8-6-7-12(9-13)16(20)21/h6-9,14-15,17,19H,4-5,10-11H2,1-3H3,(H-,20,21,22,23)/p+1/t14-,15?,18+/m1/s1. The van der Waals surface area contributed by atoms with Crippen molar-refractivity contribution in [3.63, 3.8) is 0 Å². The number of carboxylic acid groups (broad SMARTS) is 1. The van der Waals surface area contributed by atoms with E-state index in [-0.39, 0.29) is 12.2 Å². The Kier molecular flexibility index (Phi) is 7.85. The summed E-state index contributed by atoms with van der Waals surface area (Å²) >= 11 is 0. The van der Waals surface area contributed by atoms with Gasteiger partial charge in [0.2, 0.25) is 6.29 Å². The Morgan fingerprint density at radius 1 is 1.41 bits per heavy atom. The molecule has 1 aliphatic rings. The maximum Gasteiger partial charge on any atom is 0.517 e. The first-order valence-electron chi connectivity index (χ1n) is 8.91. The van der Waals surface area contributed by atoms with Crippen LogP contribution in [0.5, 0.6) is 0 Å². The predicted octanol–water partition coefficient (Wildman–Crippen LogP) is 2.09. The quantitative estimate of drug-likeness (QED) is 0.427. The molecule has 0 saturated carbocycles. The number of aromatic carboxylic acids is 1. The van der Waals surface area contributed by atoms with Crippen LogP contribution in [-0.4, -0.2) is 60.4 Å². The van der Waals surface area contributed by atoms with E-state index in [2.05, 4.69) is 5.32 Å². The summed E-state index contributed by atoms with van der Waals surface area (Å²) in [5.74, 6) is -0.997. The van der Waals surface area contributed by atoms with Gasteiger partial charge in [-0.25, -0.2) is 4.79 Å². The zero-order valence-corrected chi connectivity index (χ0v) is 16.6. The van der Waals surface area contributed by atoms with Crippen molar-refractivity contribution >= 4 is 14.0 Å². The van der Waals surface area contributed by atoms with E-state index in [1.807, 2.05) is 13.0 Å². The Morgan fingerprint density at radius 2 is 2.07 bits per heavy atom. The maximum absolute atomic E-state index is 12.0. The van der Waals surface area contributed by atoms with Crippen LogP contribution in [0.25, 0.3) is 0 Å². The number of ether oxygens (including phenoxy) is 3. The van der Waals surface area contributed by atoms with Crippen molar-refractivity contribution in [1.82, 2.24) is 5.32 Å².